The molecule has 1 aliphatic heterocycles. The third kappa shape index (κ3) is 4.22. The predicted molar refractivity (Wildman–Crippen MR) is 121 cm³/mol. The van der Waals surface area contributed by atoms with Crippen molar-refractivity contribution >= 4 is 26.8 Å². The van der Waals surface area contributed by atoms with Gasteiger partial charge >= 0.3 is 0 Å². The Hall–Kier alpha value is -2.71. The average Bonchev–Trinajstić information content (AvgIpc) is 3.27. The largest absolute Gasteiger partial charge is 0.339 e. The highest BCUT2D eigenvalue weighted by Crippen LogP contribution is 2.29. The smallest absolute Gasteiger partial charge is 0.253 e. The lowest BCUT2D eigenvalue weighted by Crippen LogP contribution is -2.47. The third-order valence-corrected chi connectivity index (χ3v) is 8.73. The van der Waals surface area contributed by atoms with Gasteiger partial charge in [-0.3, -0.25) is 9.89 Å². The summed E-state index contributed by atoms with van der Waals surface area (Å²) in [6.07, 6.45) is 2.58. The summed E-state index contributed by atoms with van der Waals surface area (Å²) in [6, 6.07) is 14.9. The first kappa shape index (κ1) is 21.5. The van der Waals surface area contributed by atoms with Crippen molar-refractivity contribution in [3.05, 3.63) is 65.9 Å². The number of fused-ring (bicyclic) bond motifs is 1. The van der Waals surface area contributed by atoms with Crippen LogP contribution >= 0.6 is 0 Å². The molecular weight excluding hydrogens is 412 g/mol. The maximum Gasteiger partial charge on any atom is 0.253 e. The fourth-order valence-electron chi connectivity index (χ4n) is 4.38. The number of aromatic amines is 1. The zero-order chi connectivity index (χ0) is 22.0. The molecule has 1 N–H and O–H groups in total. The van der Waals surface area contributed by atoms with Gasteiger partial charge in [-0.25, -0.2) is 8.42 Å². The normalized spacial score (nSPS) is 16.7. The minimum atomic E-state index is -3.47. The summed E-state index contributed by atoms with van der Waals surface area (Å²) in [5.41, 5.74) is 2.46. The van der Waals surface area contributed by atoms with Crippen LogP contribution in [-0.4, -0.2) is 58.6 Å². The highest BCUT2D eigenvalue weighted by atomic mass is 32.2. The first-order valence-electron chi connectivity index (χ1n) is 10.7. The number of benzene rings is 2. The van der Waals surface area contributed by atoms with Gasteiger partial charge < -0.3 is 4.90 Å². The molecule has 0 spiro atoms. The van der Waals surface area contributed by atoms with Gasteiger partial charge in [-0.15, -0.1) is 0 Å². The summed E-state index contributed by atoms with van der Waals surface area (Å²) in [5.74, 6) is -0.0658. The molecule has 8 heteroatoms. The molecule has 7 nitrogen and oxygen atoms in total. The van der Waals surface area contributed by atoms with E-state index >= 15 is 0 Å². The van der Waals surface area contributed by atoms with Crippen LogP contribution in [-0.2, 0) is 10.0 Å². The molecular formula is C23H28N4O3S. The minimum absolute atomic E-state index is 0.0658. The molecule has 2 aromatic carbocycles. The first-order chi connectivity index (χ1) is 14.9. The highest BCUT2D eigenvalue weighted by molar-refractivity contribution is 7.89. The van der Waals surface area contributed by atoms with Gasteiger partial charge in [0.25, 0.3) is 5.91 Å². The second-order valence-corrected chi connectivity index (χ2v) is 10.2. The van der Waals surface area contributed by atoms with Gasteiger partial charge in [-0.2, -0.15) is 9.40 Å². The molecule has 1 aliphatic rings. The number of nitrogens with one attached hydrogen (secondary N) is 1. The molecule has 3 aromatic rings. The van der Waals surface area contributed by atoms with Crippen molar-refractivity contribution in [1.82, 2.24) is 19.4 Å². The Kier molecular flexibility index (Phi) is 6.11. The molecule has 1 amide bonds. The van der Waals surface area contributed by atoms with E-state index in [1.165, 1.54) is 0 Å². The van der Waals surface area contributed by atoms with Crippen LogP contribution in [0.3, 0.4) is 0 Å². The lowest BCUT2D eigenvalue weighted by molar-refractivity contribution is 0.0724. The first-order valence-corrected chi connectivity index (χ1v) is 12.2. The molecule has 1 aromatic heterocycles. The van der Waals surface area contributed by atoms with Gasteiger partial charge in [0.05, 0.1) is 17.0 Å². The summed E-state index contributed by atoms with van der Waals surface area (Å²) in [6.45, 7) is 5.10. The van der Waals surface area contributed by atoms with Crippen LogP contribution in [0.15, 0.2) is 54.7 Å². The Morgan fingerprint density at radius 3 is 2.58 bits per heavy atom. The summed E-state index contributed by atoms with van der Waals surface area (Å²) in [5, 5.41) is 7.28. The zero-order valence-corrected chi connectivity index (χ0v) is 18.7. The van der Waals surface area contributed by atoms with Crippen LogP contribution in [0.4, 0.5) is 0 Å². The highest BCUT2D eigenvalue weighted by Gasteiger charge is 2.37. The Morgan fingerprint density at radius 1 is 1.19 bits per heavy atom. The van der Waals surface area contributed by atoms with E-state index in [-0.39, 0.29) is 11.9 Å². The predicted octanol–water partition coefficient (Wildman–Crippen LogP) is 3.58. The number of carbonyl (C=O) groups is 1. The van der Waals surface area contributed by atoms with Gasteiger partial charge in [0, 0.05) is 36.6 Å². The van der Waals surface area contributed by atoms with Crippen molar-refractivity contribution in [2.24, 2.45) is 0 Å². The van der Waals surface area contributed by atoms with Crippen molar-refractivity contribution in [3.8, 4) is 0 Å². The average molecular weight is 441 g/mol. The number of H-pyrrole nitrogens is 1. The maximum absolute atomic E-state index is 13.4. The van der Waals surface area contributed by atoms with Crippen molar-refractivity contribution in [3.63, 3.8) is 0 Å². The Labute approximate surface area is 183 Å². The van der Waals surface area contributed by atoms with Crippen molar-refractivity contribution in [2.75, 3.05) is 19.6 Å². The summed E-state index contributed by atoms with van der Waals surface area (Å²) in [7, 11) is -3.47. The lowest BCUT2D eigenvalue weighted by Gasteiger charge is -2.36. The van der Waals surface area contributed by atoms with Gasteiger partial charge in [-0.05, 0) is 43.5 Å². The molecule has 0 saturated carbocycles. The van der Waals surface area contributed by atoms with Crippen molar-refractivity contribution < 1.29 is 13.2 Å². The van der Waals surface area contributed by atoms with Crippen LogP contribution in [0.1, 0.15) is 48.7 Å². The number of amides is 1. The minimum Gasteiger partial charge on any atom is -0.339 e. The van der Waals surface area contributed by atoms with E-state index in [9.17, 15) is 13.2 Å². The quantitative estimate of drug-likeness (QED) is 0.635. The van der Waals surface area contributed by atoms with Gasteiger partial charge in [0.15, 0.2) is 0 Å². The van der Waals surface area contributed by atoms with E-state index in [1.54, 1.807) is 21.5 Å². The SMILES string of the molecule is CCN([C@H](C)c1ccccc1)S(=O)(=O)C1CCN(C(=O)c2ccc3[nH]ncc3c2)CC1. The Bertz CT molecular complexity index is 1150. The van der Waals surface area contributed by atoms with E-state index < -0.39 is 15.3 Å². The van der Waals surface area contributed by atoms with E-state index in [4.69, 9.17) is 0 Å². The number of sulfonamides is 1. The number of hydrogen-bond donors (Lipinski definition) is 1. The Morgan fingerprint density at radius 2 is 1.90 bits per heavy atom. The van der Waals surface area contributed by atoms with Crippen LogP contribution < -0.4 is 0 Å². The molecule has 0 radical (unpaired) electrons. The molecule has 1 atom stereocenters. The molecule has 31 heavy (non-hydrogen) atoms. The fraction of sp³-hybridized carbons (Fsp3) is 0.391. The van der Waals surface area contributed by atoms with E-state index in [2.05, 4.69) is 10.2 Å². The molecule has 0 unspecified atom stereocenters. The van der Waals surface area contributed by atoms with E-state index in [1.807, 2.05) is 56.3 Å². The lowest BCUT2D eigenvalue weighted by atomic mass is 10.1. The van der Waals surface area contributed by atoms with Crippen molar-refractivity contribution in [1.29, 1.82) is 0 Å². The summed E-state index contributed by atoms with van der Waals surface area (Å²) in [4.78, 5) is 14.7. The van der Waals surface area contributed by atoms with Gasteiger partial charge in [0.1, 0.15) is 0 Å². The number of piperidine rings is 1. The Balaban J connectivity index is 1.44. The topological polar surface area (TPSA) is 86.4 Å². The second-order valence-electron chi connectivity index (χ2n) is 8.00. The number of nitrogens with zero attached hydrogens (tertiary/aromatic N) is 3. The molecule has 2 heterocycles. The number of aromatic nitrogens is 2. The molecule has 1 fully saturated rings. The third-order valence-electron chi connectivity index (χ3n) is 6.19. The number of hydrogen-bond acceptors (Lipinski definition) is 4. The number of carbonyl (C=O) groups excluding carboxylic acids is 1. The van der Waals surface area contributed by atoms with Crippen LogP contribution in [0, 0.1) is 0 Å². The molecule has 0 bridgehead atoms. The molecule has 0 aliphatic carbocycles. The second kappa shape index (κ2) is 8.80. The van der Waals surface area contributed by atoms with Gasteiger partial charge in [0.2, 0.25) is 10.0 Å². The molecule has 1 saturated heterocycles. The van der Waals surface area contributed by atoms with Crippen LogP contribution in [0.5, 0.6) is 0 Å². The number of rotatable bonds is 6. The van der Waals surface area contributed by atoms with Gasteiger partial charge in [-0.1, -0.05) is 37.3 Å². The van der Waals surface area contributed by atoms with Crippen LogP contribution in [0.2, 0.25) is 0 Å². The number of likely N-dealkylation sites (tertiary alicyclic amines) is 1. The standard InChI is InChI=1S/C23H28N4O3S/c1-3-27(17(2)18-7-5-4-6-8-18)31(29,30)21-11-13-26(14-12-21)23(28)19-9-10-22-20(15-19)16-24-25-22/h4-10,15-17,21H,3,11-14H2,1-2H3,(H,24,25)/t17-/m1/s1. The monoisotopic (exact) mass is 440 g/mol. The van der Waals surface area contributed by atoms with E-state index in [0.717, 1.165) is 16.5 Å². The zero-order valence-electron chi connectivity index (χ0n) is 17.9. The molecule has 164 valence electrons. The van der Waals surface area contributed by atoms with Crippen LogP contribution in [0.25, 0.3) is 10.9 Å². The van der Waals surface area contributed by atoms with Crippen molar-refractivity contribution in [2.45, 2.75) is 38.0 Å². The summed E-state index contributed by atoms with van der Waals surface area (Å²) >= 11 is 0. The van der Waals surface area contributed by atoms with E-state index in [0.29, 0.717) is 38.0 Å². The summed E-state index contributed by atoms with van der Waals surface area (Å²) < 4.78 is 28.4. The fourth-order valence-corrected chi connectivity index (χ4v) is 6.49. The molecule has 4 rings (SSSR count). The maximum atomic E-state index is 13.4.